The van der Waals surface area contributed by atoms with Gasteiger partial charge in [0.15, 0.2) is 0 Å². The summed E-state index contributed by atoms with van der Waals surface area (Å²) in [4.78, 5) is 0. The second-order valence-corrected chi connectivity index (χ2v) is 12.6. The zero-order valence-corrected chi connectivity index (χ0v) is 21.0. The van der Waals surface area contributed by atoms with E-state index in [1.54, 1.807) is 5.57 Å². The van der Waals surface area contributed by atoms with E-state index in [1.165, 1.54) is 70.6 Å². The van der Waals surface area contributed by atoms with E-state index in [0.717, 1.165) is 42.1 Å². The monoisotopic (exact) mass is 414 g/mol. The lowest BCUT2D eigenvalue weighted by molar-refractivity contribution is -0.0630. The van der Waals surface area contributed by atoms with Crippen molar-refractivity contribution in [1.82, 2.24) is 0 Å². The summed E-state index contributed by atoms with van der Waals surface area (Å²) in [6.45, 7) is 15.7. The van der Waals surface area contributed by atoms with Gasteiger partial charge in [-0.3, -0.25) is 0 Å². The fourth-order valence-corrected chi connectivity index (χ4v) is 9.03. The number of fused-ring (bicyclic) bond motifs is 5. The molecule has 3 saturated carbocycles. The minimum Gasteiger partial charge on any atom is -0.378 e. The second kappa shape index (κ2) is 8.92. The van der Waals surface area contributed by atoms with Crippen LogP contribution in [-0.4, -0.2) is 12.7 Å². The number of allylic oxidation sites excluding steroid dienone is 1. The first-order chi connectivity index (χ1) is 14.3. The average Bonchev–Trinajstić information content (AvgIpc) is 3.05. The van der Waals surface area contributed by atoms with E-state index in [4.69, 9.17) is 4.74 Å². The van der Waals surface area contributed by atoms with Crippen molar-refractivity contribution >= 4 is 0 Å². The molecule has 8 atom stereocenters. The molecule has 0 N–H and O–H groups in total. The van der Waals surface area contributed by atoms with Crippen molar-refractivity contribution in [3.8, 4) is 0 Å². The van der Waals surface area contributed by atoms with Gasteiger partial charge in [0.1, 0.15) is 0 Å². The van der Waals surface area contributed by atoms with Crippen LogP contribution >= 0.6 is 0 Å². The standard InChI is InChI=1S/C29H50O/c1-7-30-23-15-17-28(5)22(19-23)11-12-24-26-14-13-25(21(4)10-8-9-20(2)3)29(26,6)18-16-27(24)28/h11,20-21,23-27H,7-10,12-19H2,1-6H3/t21?,23-,24?,25?,26?,27?,28-,29+/m1/s1. The molecular weight excluding hydrogens is 364 g/mol. The van der Waals surface area contributed by atoms with E-state index in [9.17, 15) is 0 Å². The zero-order chi connectivity index (χ0) is 21.5. The molecule has 0 radical (unpaired) electrons. The van der Waals surface area contributed by atoms with Crippen molar-refractivity contribution in [3.63, 3.8) is 0 Å². The van der Waals surface area contributed by atoms with Crippen LogP contribution < -0.4 is 0 Å². The average molecular weight is 415 g/mol. The van der Waals surface area contributed by atoms with Crippen LogP contribution in [0.3, 0.4) is 0 Å². The molecule has 0 aliphatic heterocycles. The SMILES string of the molecule is CCO[C@@H]1CC[C@]2(C)C(=CCC3C4CCC(C(C)CCCC(C)C)[C@]4(C)CCC32)C1. The van der Waals surface area contributed by atoms with Crippen LogP contribution in [0.4, 0.5) is 0 Å². The third-order valence-electron chi connectivity index (χ3n) is 10.7. The summed E-state index contributed by atoms with van der Waals surface area (Å²) >= 11 is 0. The highest BCUT2D eigenvalue weighted by molar-refractivity contribution is 5.25. The van der Waals surface area contributed by atoms with Crippen LogP contribution in [0.15, 0.2) is 11.6 Å². The minimum absolute atomic E-state index is 0.471. The smallest absolute Gasteiger partial charge is 0.0612 e. The second-order valence-electron chi connectivity index (χ2n) is 12.6. The van der Waals surface area contributed by atoms with Gasteiger partial charge in [-0.05, 0) is 105 Å². The molecule has 1 nitrogen and oxygen atoms in total. The normalized spacial score (nSPS) is 44.2. The Morgan fingerprint density at radius 2 is 1.80 bits per heavy atom. The molecule has 5 unspecified atom stereocenters. The summed E-state index contributed by atoms with van der Waals surface area (Å²) in [5, 5.41) is 0. The Morgan fingerprint density at radius 3 is 2.53 bits per heavy atom. The van der Waals surface area contributed by atoms with Gasteiger partial charge in [0.2, 0.25) is 0 Å². The lowest BCUT2D eigenvalue weighted by atomic mass is 9.47. The van der Waals surface area contributed by atoms with E-state index in [1.807, 2.05) is 0 Å². The predicted molar refractivity (Wildman–Crippen MR) is 128 cm³/mol. The highest BCUT2D eigenvalue weighted by atomic mass is 16.5. The van der Waals surface area contributed by atoms with Crippen LogP contribution in [0.5, 0.6) is 0 Å². The minimum atomic E-state index is 0.471. The maximum atomic E-state index is 6.04. The highest BCUT2D eigenvalue weighted by Gasteiger charge is 2.59. The maximum absolute atomic E-state index is 6.04. The van der Waals surface area contributed by atoms with Crippen molar-refractivity contribution < 1.29 is 4.74 Å². The Hall–Kier alpha value is -0.300. The topological polar surface area (TPSA) is 9.23 Å². The third kappa shape index (κ3) is 3.95. The van der Waals surface area contributed by atoms with Crippen molar-refractivity contribution in [2.75, 3.05) is 6.61 Å². The molecule has 0 aromatic rings. The number of ether oxygens (including phenoxy) is 1. The molecule has 4 aliphatic carbocycles. The van der Waals surface area contributed by atoms with E-state index < -0.39 is 0 Å². The van der Waals surface area contributed by atoms with Crippen molar-refractivity contribution in [1.29, 1.82) is 0 Å². The molecule has 0 heterocycles. The maximum Gasteiger partial charge on any atom is 0.0612 e. The van der Waals surface area contributed by atoms with Gasteiger partial charge < -0.3 is 4.74 Å². The van der Waals surface area contributed by atoms with Gasteiger partial charge in [-0.2, -0.15) is 0 Å². The van der Waals surface area contributed by atoms with Gasteiger partial charge in [0.25, 0.3) is 0 Å². The summed E-state index contributed by atoms with van der Waals surface area (Å²) in [5.74, 6) is 5.63. The molecule has 1 heteroatoms. The Labute approximate surface area is 187 Å². The van der Waals surface area contributed by atoms with Crippen molar-refractivity contribution in [2.45, 2.75) is 118 Å². The molecule has 172 valence electrons. The fourth-order valence-electron chi connectivity index (χ4n) is 9.03. The molecule has 0 aromatic carbocycles. The Balaban J connectivity index is 1.47. The van der Waals surface area contributed by atoms with Crippen molar-refractivity contribution in [3.05, 3.63) is 11.6 Å². The molecule has 3 fully saturated rings. The fraction of sp³-hybridized carbons (Fsp3) is 0.931. The molecule has 4 aliphatic rings. The van der Waals surface area contributed by atoms with Crippen LogP contribution in [-0.2, 0) is 4.74 Å². The van der Waals surface area contributed by atoms with Crippen LogP contribution in [0.2, 0.25) is 0 Å². The molecule has 0 spiro atoms. The molecule has 0 bridgehead atoms. The van der Waals surface area contributed by atoms with Gasteiger partial charge in [-0.25, -0.2) is 0 Å². The predicted octanol–water partition coefficient (Wildman–Crippen LogP) is 8.43. The first-order valence-corrected chi connectivity index (χ1v) is 13.6. The van der Waals surface area contributed by atoms with E-state index in [-0.39, 0.29) is 0 Å². The first-order valence-electron chi connectivity index (χ1n) is 13.6. The highest BCUT2D eigenvalue weighted by Crippen LogP contribution is 2.67. The summed E-state index contributed by atoms with van der Waals surface area (Å²) in [5.41, 5.74) is 2.86. The zero-order valence-electron chi connectivity index (χ0n) is 21.0. The van der Waals surface area contributed by atoms with Gasteiger partial charge in [-0.1, -0.05) is 65.5 Å². The first kappa shape index (κ1) is 22.9. The third-order valence-corrected chi connectivity index (χ3v) is 10.7. The summed E-state index contributed by atoms with van der Waals surface area (Å²) < 4.78 is 6.04. The summed E-state index contributed by atoms with van der Waals surface area (Å²) in [6.07, 6.45) is 18.7. The Bertz CT molecular complexity index is 620. The largest absolute Gasteiger partial charge is 0.378 e. The Kier molecular flexibility index (Phi) is 6.80. The van der Waals surface area contributed by atoms with Crippen LogP contribution in [0, 0.1) is 46.3 Å². The summed E-state index contributed by atoms with van der Waals surface area (Å²) in [6, 6.07) is 0. The Morgan fingerprint density at radius 1 is 1.00 bits per heavy atom. The molecule has 4 rings (SSSR count). The van der Waals surface area contributed by atoms with Crippen LogP contribution in [0.25, 0.3) is 0 Å². The van der Waals surface area contributed by atoms with E-state index in [2.05, 4.69) is 47.6 Å². The molecule has 0 aromatic heterocycles. The van der Waals surface area contributed by atoms with Crippen LogP contribution in [0.1, 0.15) is 112 Å². The molecule has 30 heavy (non-hydrogen) atoms. The van der Waals surface area contributed by atoms with Crippen molar-refractivity contribution in [2.24, 2.45) is 46.3 Å². The van der Waals surface area contributed by atoms with Gasteiger partial charge in [0.05, 0.1) is 6.10 Å². The van der Waals surface area contributed by atoms with Gasteiger partial charge in [-0.15, -0.1) is 0 Å². The van der Waals surface area contributed by atoms with Gasteiger partial charge in [0, 0.05) is 6.61 Å². The molecule has 0 saturated heterocycles. The lowest BCUT2D eigenvalue weighted by Crippen LogP contribution is -2.51. The van der Waals surface area contributed by atoms with E-state index >= 15 is 0 Å². The quantitative estimate of drug-likeness (QED) is 0.380. The van der Waals surface area contributed by atoms with Gasteiger partial charge >= 0.3 is 0 Å². The molecular formula is C29H50O. The van der Waals surface area contributed by atoms with E-state index in [0.29, 0.717) is 16.9 Å². The lowest BCUT2D eigenvalue weighted by Gasteiger charge is -2.58. The number of rotatable bonds is 7. The molecule has 0 amide bonds. The number of hydrogen-bond acceptors (Lipinski definition) is 1. The summed E-state index contributed by atoms with van der Waals surface area (Å²) in [7, 11) is 0. The number of hydrogen-bond donors (Lipinski definition) is 0.